The number of nitrogens with two attached hydrogens (primary N) is 1. The van der Waals surface area contributed by atoms with Gasteiger partial charge < -0.3 is 25.4 Å². The number of thioether (sulfide) groups is 1. The number of carbonyl (C=O) groups excluding carboxylic acids is 2. The highest BCUT2D eigenvalue weighted by atomic mass is 32.2. The van der Waals surface area contributed by atoms with Crippen molar-refractivity contribution in [2.45, 2.75) is 71.8 Å². The van der Waals surface area contributed by atoms with Gasteiger partial charge in [0.15, 0.2) is 12.0 Å². The second-order valence-corrected chi connectivity index (χ2v) is 10.5. The molecule has 1 fully saturated rings. The number of ether oxygens (including phenoxy) is 1. The lowest BCUT2D eigenvalue weighted by Gasteiger charge is -2.37. The summed E-state index contributed by atoms with van der Waals surface area (Å²) in [6, 6.07) is 0.796. The molecule has 3 aliphatic carbocycles. The Balaban J connectivity index is 0.000000706. The van der Waals surface area contributed by atoms with E-state index in [1.165, 1.54) is 39.2 Å². The number of allylic oxidation sites excluding steroid dienone is 9. The Labute approximate surface area is 241 Å². The van der Waals surface area contributed by atoms with Crippen LogP contribution in [0.25, 0.3) is 0 Å². The van der Waals surface area contributed by atoms with Crippen LogP contribution in [0.2, 0.25) is 0 Å². The second kappa shape index (κ2) is 24.8. The standard InChI is InChI=1S/C16H19NO4S.C11H19N.C3H8.CH5N/c1-17-21-16(11-19)14(12-20-10-9-18)13-22-15-7-5-3-2-4-6-8-15;1-8-5-9-3-4-11(12-2)10(6-8)7-9;1-3-2;1-2/h3-7,9,11H,1-2,8,10,12-13H2;5,8,10-12H,3-4,6-7H2,1-2H3;3H2,1-2H3;2H2,1H3/b5-3?,6-4-,15-7+,16-14+;;;. The fourth-order valence-corrected chi connectivity index (χ4v) is 5.49. The molecule has 0 heterocycles. The molecule has 0 aliphatic heterocycles. The largest absolute Gasteiger partial charge is 0.369 e. The molecule has 7 nitrogen and oxygen atoms in total. The van der Waals surface area contributed by atoms with Crippen LogP contribution in [0.1, 0.15) is 65.7 Å². The van der Waals surface area contributed by atoms with Crippen LogP contribution in [0.15, 0.2) is 63.4 Å². The Bertz CT molecular complexity index is 849. The maximum atomic E-state index is 11.1. The number of fused-ring (bicyclic) bond motifs is 2. The Morgan fingerprint density at radius 3 is 2.64 bits per heavy atom. The predicted molar refractivity (Wildman–Crippen MR) is 167 cm³/mol. The summed E-state index contributed by atoms with van der Waals surface area (Å²) in [6.45, 7) is 9.90. The SMILES string of the molecule is C=NO/C(C=O)=C(\COCC=O)CS/C1=C/C=CC/C=C\C1.CCC.CN.CNC1CCC2=CC(C)CC1C2. The van der Waals surface area contributed by atoms with Gasteiger partial charge in [0.25, 0.3) is 0 Å². The van der Waals surface area contributed by atoms with Gasteiger partial charge in [-0.15, -0.1) is 11.8 Å². The topological polar surface area (TPSA) is 103 Å². The third-order valence-corrected chi connectivity index (χ3v) is 7.29. The minimum Gasteiger partial charge on any atom is -0.369 e. The van der Waals surface area contributed by atoms with E-state index in [1.807, 2.05) is 12.2 Å². The van der Waals surface area contributed by atoms with Crippen molar-refractivity contribution < 1.29 is 19.2 Å². The van der Waals surface area contributed by atoms with Gasteiger partial charge in [-0.1, -0.05) is 74.4 Å². The van der Waals surface area contributed by atoms with Gasteiger partial charge in [-0.3, -0.25) is 4.79 Å². The molecule has 0 saturated heterocycles. The van der Waals surface area contributed by atoms with Gasteiger partial charge in [0.1, 0.15) is 12.9 Å². The quantitative estimate of drug-likeness (QED) is 0.0594. The molecule has 0 aromatic heterocycles. The normalized spacial score (nSPS) is 23.9. The van der Waals surface area contributed by atoms with E-state index in [9.17, 15) is 9.59 Å². The van der Waals surface area contributed by atoms with E-state index in [0.717, 1.165) is 35.6 Å². The van der Waals surface area contributed by atoms with E-state index < -0.39 is 0 Å². The monoisotopic (exact) mass is 561 g/mol. The van der Waals surface area contributed by atoms with Crippen molar-refractivity contribution in [2.75, 3.05) is 33.1 Å². The minimum atomic E-state index is -0.0318. The Morgan fingerprint density at radius 1 is 1.26 bits per heavy atom. The lowest BCUT2D eigenvalue weighted by molar-refractivity contribution is -0.111. The van der Waals surface area contributed by atoms with Crippen LogP contribution in [0.3, 0.4) is 0 Å². The van der Waals surface area contributed by atoms with Crippen molar-refractivity contribution in [3.8, 4) is 0 Å². The Hall–Kier alpha value is -2.26. The highest BCUT2D eigenvalue weighted by Gasteiger charge is 2.30. The summed E-state index contributed by atoms with van der Waals surface area (Å²) in [5.74, 6) is 2.34. The number of carbonyl (C=O) groups is 2. The van der Waals surface area contributed by atoms with Gasteiger partial charge in [0.2, 0.25) is 0 Å². The molecule has 8 heteroatoms. The molecule has 3 atom stereocenters. The molecule has 3 unspecified atom stereocenters. The summed E-state index contributed by atoms with van der Waals surface area (Å²) in [6.07, 6.45) is 22.6. The van der Waals surface area contributed by atoms with Crippen molar-refractivity contribution in [3.05, 3.63) is 58.3 Å². The van der Waals surface area contributed by atoms with Crippen molar-refractivity contribution in [3.63, 3.8) is 0 Å². The maximum absolute atomic E-state index is 11.1. The zero-order valence-corrected chi connectivity index (χ0v) is 25.5. The molecule has 0 radical (unpaired) electrons. The molecule has 0 spiro atoms. The van der Waals surface area contributed by atoms with E-state index in [2.05, 4.69) is 75.0 Å². The fourth-order valence-electron chi connectivity index (χ4n) is 4.52. The first kappa shape index (κ1) is 36.7. The van der Waals surface area contributed by atoms with Crippen LogP contribution in [-0.2, 0) is 19.2 Å². The zero-order valence-electron chi connectivity index (χ0n) is 24.7. The Morgan fingerprint density at radius 2 is 2.00 bits per heavy atom. The van der Waals surface area contributed by atoms with Crippen LogP contribution in [0.4, 0.5) is 0 Å². The van der Waals surface area contributed by atoms with Crippen molar-refractivity contribution >= 4 is 31.1 Å². The number of aldehydes is 2. The number of oxime groups is 1. The van der Waals surface area contributed by atoms with Crippen LogP contribution >= 0.6 is 11.8 Å². The highest BCUT2D eigenvalue weighted by Crippen LogP contribution is 2.38. The summed E-state index contributed by atoms with van der Waals surface area (Å²) in [4.78, 5) is 27.4. The molecule has 2 bridgehead atoms. The molecular weight excluding hydrogens is 510 g/mol. The molecular formula is C31H51N3O4S. The highest BCUT2D eigenvalue weighted by molar-refractivity contribution is 8.03. The van der Waals surface area contributed by atoms with Crippen molar-refractivity contribution in [1.82, 2.24) is 5.32 Å². The Kier molecular flexibility index (Phi) is 23.3. The minimum absolute atomic E-state index is 0.0318. The summed E-state index contributed by atoms with van der Waals surface area (Å²) in [5, 5.41) is 6.72. The van der Waals surface area contributed by atoms with E-state index in [1.54, 1.807) is 17.3 Å². The van der Waals surface area contributed by atoms with Crippen molar-refractivity contribution in [2.24, 2.45) is 22.7 Å². The molecule has 1 saturated carbocycles. The van der Waals surface area contributed by atoms with E-state index >= 15 is 0 Å². The second-order valence-electron chi connectivity index (χ2n) is 9.39. The average molecular weight is 562 g/mol. The van der Waals surface area contributed by atoms with Gasteiger partial charge in [-0.05, 0) is 69.4 Å². The first-order chi connectivity index (χ1) is 19.0. The zero-order chi connectivity index (χ0) is 29.3. The summed E-state index contributed by atoms with van der Waals surface area (Å²) < 4.78 is 5.17. The number of hydrogen-bond donors (Lipinski definition) is 2. The van der Waals surface area contributed by atoms with Crippen molar-refractivity contribution in [1.29, 1.82) is 0 Å². The summed E-state index contributed by atoms with van der Waals surface area (Å²) in [7, 11) is 3.61. The van der Waals surface area contributed by atoms with Crippen LogP contribution in [0, 0.1) is 11.8 Å². The predicted octanol–water partition coefficient (Wildman–Crippen LogP) is 6.14. The molecule has 3 aliphatic rings. The molecule has 0 aromatic rings. The molecule has 3 rings (SSSR count). The van der Waals surface area contributed by atoms with E-state index in [-0.39, 0.29) is 19.0 Å². The number of rotatable bonds is 11. The van der Waals surface area contributed by atoms with E-state index in [4.69, 9.17) is 9.57 Å². The summed E-state index contributed by atoms with van der Waals surface area (Å²) >= 11 is 1.59. The molecule has 3 N–H and O–H groups in total. The molecule has 0 aromatic carbocycles. The van der Waals surface area contributed by atoms with Gasteiger partial charge in [-0.2, -0.15) is 0 Å². The van der Waals surface area contributed by atoms with Gasteiger partial charge >= 0.3 is 0 Å². The molecule has 39 heavy (non-hydrogen) atoms. The fraction of sp³-hybridized carbons (Fsp3) is 0.581. The molecule has 220 valence electrons. The molecule has 0 amide bonds. The third kappa shape index (κ3) is 16.4. The number of nitrogens with zero attached hydrogens (tertiary/aromatic N) is 1. The van der Waals surface area contributed by atoms with Gasteiger partial charge in [0, 0.05) is 24.1 Å². The van der Waals surface area contributed by atoms with Crippen LogP contribution in [0.5, 0.6) is 0 Å². The summed E-state index contributed by atoms with van der Waals surface area (Å²) in [5.41, 5.74) is 6.86. The average Bonchev–Trinajstić information content (AvgIpc) is 2.92. The van der Waals surface area contributed by atoms with E-state index in [0.29, 0.717) is 23.9 Å². The van der Waals surface area contributed by atoms with Crippen LogP contribution < -0.4 is 11.1 Å². The lowest BCUT2D eigenvalue weighted by atomic mass is 9.72. The first-order valence-electron chi connectivity index (χ1n) is 13.9. The number of nitrogens with one attached hydrogen (secondary N) is 1. The van der Waals surface area contributed by atoms with Gasteiger partial charge in [0.05, 0.1) is 6.61 Å². The van der Waals surface area contributed by atoms with Crippen LogP contribution in [-0.4, -0.2) is 58.4 Å². The smallest absolute Gasteiger partial charge is 0.199 e. The van der Waals surface area contributed by atoms with Gasteiger partial charge in [-0.25, -0.2) is 0 Å². The first-order valence-corrected chi connectivity index (χ1v) is 14.9. The lowest BCUT2D eigenvalue weighted by Crippen LogP contribution is -2.39. The number of hydrogen-bond acceptors (Lipinski definition) is 8. The third-order valence-electron chi connectivity index (χ3n) is 6.12. The maximum Gasteiger partial charge on any atom is 0.199 e.